The van der Waals surface area contributed by atoms with Crippen molar-refractivity contribution in [1.82, 2.24) is 19.7 Å². The lowest BCUT2D eigenvalue weighted by molar-refractivity contribution is 0.198. The molecule has 4 N–H and O–H groups in total. The molecule has 0 amide bonds. The van der Waals surface area contributed by atoms with Crippen LogP contribution in [0.15, 0.2) is 4.79 Å². The molecule has 86 valence electrons. The van der Waals surface area contributed by atoms with E-state index in [1.54, 1.807) is 0 Å². The van der Waals surface area contributed by atoms with Crippen LogP contribution >= 0.6 is 0 Å². The Labute approximate surface area is 89.7 Å². The maximum absolute atomic E-state index is 11.7. The highest BCUT2D eigenvalue weighted by molar-refractivity contribution is 5.79. The summed E-state index contributed by atoms with van der Waals surface area (Å²) < 4.78 is 6.30. The quantitative estimate of drug-likeness (QED) is 0.591. The van der Waals surface area contributed by atoms with E-state index >= 15 is 0 Å². The lowest BCUT2D eigenvalue weighted by atomic mass is 10.4. The first kappa shape index (κ1) is 10.4. The zero-order valence-corrected chi connectivity index (χ0v) is 8.60. The number of nitrogens with two attached hydrogens (primary N) is 1. The van der Waals surface area contributed by atoms with Crippen LogP contribution in [0.25, 0.3) is 11.0 Å². The largest absolute Gasteiger partial charge is 0.473 e. The van der Waals surface area contributed by atoms with E-state index in [-0.39, 0.29) is 41.6 Å². The van der Waals surface area contributed by atoms with E-state index in [0.717, 1.165) is 0 Å². The second-order valence-corrected chi connectivity index (χ2v) is 3.16. The lowest BCUT2D eigenvalue weighted by Gasteiger charge is -2.02. The average molecular weight is 225 g/mol. The van der Waals surface area contributed by atoms with Crippen molar-refractivity contribution in [2.24, 2.45) is 7.05 Å². The van der Waals surface area contributed by atoms with Crippen molar-refractivity contribution in [1.29, 1.82) is 0 Å². The minimum Gasteiger partial charge on any atom is -0.473 e. The van der Waals surface area contributed by atoms with Crippen LogP contribution in [-0.4, -0.2) is 38.1 Å². The van der Waals surface area contributed by atoms with Gasteiger partial charge in [0.05, 0.1) is 6.61 Å². The van der Waals surface area contributed by atoms with Gasteiger partial charge in [-0.2, -0.15) is 0 Å². The predicted molar refractivity (Wildman–Crippen MR) is 56.1 cm³/mol. The summed E-state index contributed by atoms with van der Waals surface area (Å²) >= 11 is 0. The van der Waals surface area contributed by atoms with Crippen LogP contribution in [-0.2, 0) is 7.05 Å². The van der Waals surface area contributed by atoms with Crippen LogP contribution in [0, 0.1) is 0 Å². The summed E-state index contributed by atoms with van der Waals surface area (Å²) in [5.74, 6) is 0.237. The van der Waals surface area contributed by atoms with Crippen molar-refractivity contribution in [2.45, 2.75) is 0 Å². The molecule has 0 saturated carbocycles. The van der Waals surface area contributed by atoms with Gasteiger partial charge in [0, 0.05) is 7.05 Å². The van der Waals surface area contributed by atoms with Gasteiger partial charge < -0.3 is 15.6 Å². The number of ether oxygens (including phenoxy) is 1. The molecular weight excluding hydrogens is 214 g/mol. The SMILES string of the molecule is Cn1c(N)nc2c(OCCO)n[nH]c2c1=O. The number of nitrogens with one attached hydrogen (secondary N) is 1. The van der Waals surface area contributed by atoms with Crippen molar-refractivity contribution < 1.29 is 9.84 Å². The van der Waals surface area contributed by atoms with E-state index in [4.69, 9.17) is 15.6 Å². The number of aromatic nitrogens is 4. The number of aliphatic hydroxyl groups is 1. The number of hydrogen-bond donors (Lipinski definition) is 3. The molecule has 0 fully saturated rings. The molecule has 8 heteroatoms. The molecule has 0 aromatic carbocycles. The first-order chi connectivity index (χ1) is 7.65. The average Bonchev–Trinajstić information content (AvgIpc) is 2.66. The van der Waals surface area contributed by atoms with E-state index in [9.17, 15) is 4.79 Å². The molecule has 0 atom stereocenters. The minimum atomic E-state index is -0.325. The molecule has 0 bridgehead atoms. The molecule has 0 radical (unpaired) electrons. The highest BCUT2D eigenvalue weighted by Gasteiger charge is 2.14. The van der Waals surface area contributed by atoms with Gasteiger partial charge in [0.15, 0.2) is 11.0 Å². The van der Waals surface area contributed by atoms with Crippen molar-refractivity contribution >= 4 is 17.0 Å². The van der Waals surface area contributed by atoms with Crippen LogP contribution in [0.5, 0.6) is 5.88 Å². The van der Waals surface area contributed by atoms with Crippen LogP contribution in [0.4, 0.5) is 5.95 Å². The van der Waals surface area contributed by atoms with E-state index in [1.807, 2.05) is 0 Å². The van der Waals surface area contributed by atoms with Gasteiger partial charge in [-0.05, 0) is 0 Å². The monoisotopic (exact) mass is 225 g/mol. The maximum atomic E-state index is 11.7. The smallest absolute Gasteiger partial charge is 0.280 e. The Bertz CT molecular complexity index is 573. The first-order valence-electron chi connectivity index (χ1n) is 4.59. The van der Waals surface area contributed by atoms with Gasteiger partial charge in [-0.15, -0.1) is 5.10 Å². The molecule has 0 saturated heterocycles. The third kappa shape index (κ3) is 1.48. The number of anilines is 1. The highest BCUT2D eigenvalue weighted by atomic mass is 16.5. The number of fused-ring (bicyclic) bond motifs is 1. The third-order valence-electron chi connectivity index (χ3n) is 2.13. The molecule has 2 heterocycles. The van der Waals surface area contributed by atoms with Crippen LogP contribution in [0.1, 0.15) is 0 Å². The van der Waals surface area contributed by atoms with Crippen LogP contribution in [0.3, 0.4) is 0 Å². The topological polar surface area (TPSA) is 119 Å². The number of nitrogen functional groups attached to an aromatic ring is 1. The number of hydrogen-bond acceptors (Lipinski definition) is 6. The van der Waals surface area contributed by atoms with Gasteiger partial charge in [0.25, 0.3) is 11.4 Å². The Kier molecular flexibility index (Phi) is 2.49. The van der Waals surface area contributed by atoms with Gasteiger partial charge in [0.1, 0.15) is 6.61 Å². The summed E-state index contributed by atoms with van der Waals surface area (Å²) in [4.78, 5) is 15.7. The molecule has 2 rings (SSSR count). The molecule has 0 spiro atoms. The Morgan fingerprint density at radius 2 is 2.38 bits per heavy atom. The Hall–Kier alpha value is -2.09. The standard InChI is InChI=1S/C8H11N5O3/c1-13-7(15)5-4(10-8(13)9)6(12-11-5)16-3-2-14/h14H,2-3H2,1H3,(H2,9,10)(H,11,12). The highest BCUT2D eigenvalue weighted by Crippen LogP contribution is 2.18. The van der Waals surface area contributed by atoms with Crippen molar-refractivity contribution in [3.8, 4) is 5.88 Å². The summed E-state index contributed by atoms with van der Waals surface area (Å²) in [6, 6.07) is 0. The number of aliphatic hydroxyl groups excluding tert-OH is 1. The van der Waals surface area contributed by atoms with Crippen LogP contribution < -0.4 is 16.0 Å². The third-order valence-corrected chi connectivity index (χ3v) is 2.13. The molecule has 0 aliphatic carbocycles. The van der Waals surface area contributed by atoms with E-state index < -0.39 is 0 Å². The molecule has 8 nitrogen and oxygen atoms in total. The van der Waals surface area contributed by atoms with Crippen molar-refractivity contribution in [2.75, 3.05) is 18.9 Å². The Morgan fingerprint density at radius 3 is 3.06 bits per heavy atom. The minimum absolute atomic E-state index is 0.0766. The van der Waals surface area contributed by atoms with Crippen molar-refractivity contribution in [3.63, 3.8) is 0 Å². The molecule has 0 unspecified atom stereocenters. The number of H-pyrrole nitrogens is 1. The fourth-order valence-electron chi connectivity index (χ4n) is 1.28. The first-order valence-corrected chi connectivity index (χ1v) is 4.59. The fourth-order valence-corrected chi connectivity index (χ4v) is 1.28. The second-order valence-electron chi connectivity index (χ2n) is 3.16. The van der Waals surface area contributed by atoms with E-state index in [1.165, 1.54) is 11.6 Å². The van der Waals surface area contributed by atoms with E-state index in [2.05, 4.69) is 15.2 Å². The van der Waals surface area contributed by atoms with E-state index in [0.29, 0.717) is 0 Å². The number of aromatic amines is 1. The summed E-state index contributed by atoms with van der Waals surface area (Å²) in [5.41, 5.74) is 5.72. The Morgan fingerprint density at radius 1 is 1.62 bits per heavy atom. The summed E-state index contributed by atoms with van der Waals surface area (Å²) in [6.45, 7) is -0.0641. The van der Waals surface area contributed by atoms with Gasteiger partial charge >= 0.3 is 0 Å². The molecular formula is C8H11N5O3. The summed E-state index contributed by atoms with van der Waals surface area (Å²) in [6.07, 6.45) is 0. The predicted octanol–water partition coefficient (Wildman–Crippen LogP) is -1.39. The molecule has 0 aliphatic rings. The molecule has 0 aliphatic heterocycles. The maximum Gasteiger partial charge on any atom is 0.280 e. The van der Waals surface area contributed by atoms with Crippen LogP contribution in [0.2, 0.25) is 0 Å². The molecule has 2 aromatic heterocycles. The zero-order chi connectivity index (χ0) is 11.7. The Balaban J connectivity index is 2.60. The molecule has 2 aromatic rings. The molecule has 16 heavy (non-hydrogen) atoms. The summed E-state index contributed by atoms with van der Waals surface area (Å²) in [5, 5.41) is 14.9. The zero-order valence-electron chi connectivity index (χ0n) is 8.60. The van der Waals surface area contributed by atoms with Crippen molar-refractivity contribution in [3.05, 3.63) is 10.4 Å². The van der Waals surface area contributed by atoms with Gasteiger partial charge in [-0.3, -0.25) is 14.5 Å². The van der Waals surface area contributed by atoms with Gasteiger partial charge in [-0.1, -0.05) is 0 Å². The van der Waals surface area contributed by atoms with Gasteiger partial charge in [-0.25, -0.2) is 4.98 Å². The van der Waals surface area contributed by atoms with Gasteiger partial charge in [0.2, 0.25) is 5.95 Å². The lowest BCUT2D eigenvalue weighted by Crippen LogP contribution is -2.21. The summed E-state index contributed by atoms with van der Waals surface area (Å²) in [7, 11) is 1.51. The number of nitrogens with zero attached hydrogens (tertiary/aromatic N) is 3. The fraction of sp³-hybridized carbons (Fsp3) is 0.375. The normalized spacial score (nSPS) is 10.9. The second kappa shape index (κ2) is 3.81. The number of rotatable bonds is 3.